The molecule has 31 heavy (non-hydrogen) atoms. The Morgan fingerprint density at radius 3 is 3.10 bits per heavy atom. The Morgan fingerprint density at radius 1 is 1.35 bits per heavy atom. The zero-order valence-corrected chi connectivity index (χ0v) is 18.3. The molecule has 0 saturated heterocycles. The van der Waals surface area contributed by atoms with Gasteiger partial charge in [-0.15, -0.1) is 0 Å². The summed E-state index contributed by atoms with van der Waals surface area (Å²) in [4.78, 5) is 18.2. The molecule has 0 bridgehead atoms. The molecule has 0 saturated carbocycles. The second-order valence-corrected chi connectivity index (χ2v) is 8.99. The Morgan fingerprint density at radius 2 is 2.23 bits per heavy atom. The number of hydrogen-bond acceptors (Lipinski definition) is 5. The smallest absolute Gasteiger partial charge is 0.268 e. The summed E-state index contributed by atoms with van der Waals surface area (Å²) in [5.41, 5.74) is 4.13. The quantitative estimate of drug-likeness (QED) is 0.617. The molecule has 1 aromatic carbocycles. The molecule has 1 N–H and O–H groups in total. The van der Waals surface area contributed by atoms with Gasteiger partial charge in [-0.25, -0.2) is 13.7 Å². The van der Waals surface area contributed by atoms with Gasteiger partial charge >= 0.3 is 0 Å². The first kappa shape index (κ1) is 20.1. The van der Waals surface area contributed by atoms with Crippen LogP contribution in [0.2, 0.25) is 0 Å². The molecule has 3 aromatic rings. The number of aromatic nitrogens is 3. The average molecular weight is 442 g/mol. The maximum absolute atomic E-state index is 14.4. The highest BCUT2D eigenvalue weighted by Gasteiger charge is 2.23. The van der Waals surface area contributed by atoms with Gasteiger partial charge in [-0.1, -0.05) is 0 Å². The largest absolute Gasteiger partial charge is 0.493 e. The summed E-state index contributed by atoms with van der Waals surface area (Å²) in [7, 11) is 1.88. The van der Waals surface area contributed by atoms with Gasteiger partial charge in [-0.3, -0.25) is 4.79 Å². The molecule has 5 rings (SSSR count). The highest BCUT2D eigenvalue weighted by molar-refractivity contribution is 7.97. The van der Waals surface area contributed by atoms with E-state index in [2.05, 4.69) is 19.2 Å². The van der Waals surface area contributed by atoms with Crippen molar-refractivity contribution in [2.24, 2.45) is 7.05 Å². The first-order chi connectivity index (χ1) is 15.0. The second-order valence-electron chi connectivity index (χ2n) is 7.86. The molecule has 0 atom stereocenters. The van der Waals surface area contributed by atoms with Gasteiger partial charge in [0.2, 0.25) is 0 Å². The highest BCUT2D eigenvalue weighted by atomic mass is 32.2. The van der Waals surface area contributed by atoms with Gasteiger partial charge in [0.15, 0.2) is 0 Å². The molecule has 9 heteroatoms. The van der Waals surface area contributed by atoms with E-state index in [0.717, 1.165) is 35.8 Å². The molecule has 7 nitrogen and oxygen atoms in total. The highest BCUT2D eigenvalue weighted by Crippen LogP contribution is 2.32. The van der Waals surface area contributed by atoms with Crippen molar-refractivity contribution in [2.45, 2.75) is 37.9 Å². The predicted molar refractivity (Wildman–Crippen MR) is 115 cm³/mol. The van der Waals surface area contributed by atoms with E-state index in [1.54, 1.807) is 18.0 Å². The molecular weight excluding hydrogens is 417 g/mol. The summed E-state index contributed by atoms with van der Waals surface area (Å²) in [6, 6.07) is 4.97. The second kappa shape index (κ2) is 8.05. The Labute approximate surface area is 184 Å². The Balaban J connectivity index is 1.29. The van der Waals surface area contributed by atoms with Gasteiger partial charge in [0.05, 0.1) is 25.2 Å². The van der Waals surface area contributed by atoms with Crippen LogP contribution in [0.4, 0.5) is 4.39 Å². The topological polar surface area (TPSA) is 64.3 Å². The van der Waals surface area contributed by atoms with Crippen molar-refractivity contribution in [3.8, 4) is 5.75 Å². The minimum absolute atomic E-state index is 0.139. The minimum Gasteiger partial charge on any atom is -0.493 e. The van der Waals surface area contributed by atoms with Crippen LogP contribution in [-0.2, 0) is 33.1 Å². The maximum Gasteiger partial charge on any atom is 0.268 e. The molecular formula is C22H24FN5O2S. The number of fused-ring (bicyclic) bond motifs is 2. The third-order valence-electron chi connectivity index (χ3n) is 6.04. The molecule has 0 unspecified atom stereocenters. The number of ether oxygens (including phenoxy) is 1. The normalized spacial score (nSPS) is 15.5. The fourth-order valence-corrected chi connectivity index (χ4v) is 5.21. The number of amides is 1. The molecule has 2 aliphatic rings. The van der Waals surface area contributed by atoms with Gasteiger partial charge in [0, 0.05) is 61.0 Å². The lowest BCUT2D eigenvalue weighted by Gasteiger charge is -2.26. The van der Waals surface area contributed by atoms with Gasteiger partial charge < -0.3 is 19.2 Å². The molecule has 2 aromatic heterocycles. The number of nitrogens with zero attached hydrogens (tertiary/aromatic N) is 4. The Bertz CT molecular complexity index is 1160. The maximum atomic E-state index is 14.4. The standard InChI is InChI=1S/C22H24FN5O2S/c1-14-21(31-28-7-6-27-13-24-10-15(27)12-28)9-19(26(14)2)22(29)25-11-17-16-5-8-30-20(16)4-3-18(17)23/h3-4,9-10,13H,5-8,11-12H2,1-2H3,(H,25,29). The van der Waals surface area contributed by atoms with Crippen LogP contribution in [0.25, 0.3) is 0 Å². The molecule has 162 valence electrons. The summed E-state index contributed by atoms with van der Waals surface area (Å²) in [6.07, 6.45) is 4.43. The fraction of sp³-hybridized carbons (Fsp3) is 0.364. The van der Waals surface area contributed by atoms with E-state index < -0.39 is 0 Å². The summed E-state index contributed by atoms with van der Waals surface area (Å²) >= 11 is 1.66. The number of hydrogen-bond donors (Lipinski definition) is 1. The Hall–Kier alpha value is -2.78. The van der Waals surface area contributed by atoms with E-state index in [9.17, 15) is 9.18 Å². The zero-order chi connectivity index (χ0) is 21.5. The van der Waals surface area contributed by atoms with E-state index >= 15 is 0 Å². The monoisotopic (exact) mass is 441 g/mol. The predicted octanol–water partition coefficient (Wildman–Crippen LogP) is 3.06. The van der Waals surface area contributed by atoms with Gasteiger partial charge in [0.1, 0.15) is 17.3 Å². The van der Waals surface area contributed by atoms with Crippen molar-refractivity contribution >= 4 is 17.9 Å². The van der Waals surface area contributed by atoms with Gasteiger partial charge in [-0.2, -0.15) is 0 Å². The number of carbonyl (C=O) groups excluding carboxylic acids is 1. The lowest BCUT2D eigenvalue weighted by molar-refractivity contribution is 0.0942. The van der Waals surface area contributed by atoms with Gasteiger partial charge in [-0.05, 0) is 37.1 Å². The Kier molecular flexibility index (Phi) is 5.23. The van der Waals surface area contributed by atoms with Crippen molar-refractivity contribution in [3.63, 3.8) is 0 Å². The first-order valence-corrected chi connectivity index (χ1v) is 11.1. The lowest BCUT2D eigenvalue weighted by Crippen LogP contribution is -2.27. The molecule has 0 spiro atoms. The molecule has 1 amide bonds. The van der Waals surface area contributed by atoms with Crippen LogP contribution in [0.1, 0.15) is 33.0 Å². The summed E-state index contributed by atoms with van der Waals surface area (Å²) < 4.78 is 26.2. The molecule has 0 radical (unpaired) electrons. The van der Waals surface area contributed by atoms with Crippen LogP contribution in [0, 0.1) is 12.7 Å². The third kappa shape index (κ3) is 3.72. The van der Waals surface area contributed by atoms with Crippen molar-refractivity contribution < 1.29 is 13.9 Å². The third-order valence-corrected chi connectivity index (χ3v) is 7.22. The molecule has 0 fully saturated rings. The van der Waals surface area contributed by atoms with Crippen LogP contribution in [0.15, 0.2) is 35.6 Å². The molecule has 4 heterocycles. The van der Waals surface area contributed by atoms with Crippen LogP contribution in [0.3, 0.4) is 0 Å². The van der Waals surface area contributed by atoms with E-state index in [1.807, 2.05) is 37.1 Å². The lowest BCUT2D eigenvalue weighted by atomic mass is 10.0. The zero-order valence-electron chi connectivity index (χ0n) is 17.5. The number of halogens is 1. The number of benzene rings is 1. The minimum atomic E-state index is -0.312. The number of nitrogens with one attached hydrogen (secondary N) is 1. The summed E-state index contributed by atoms with van der Waals surface area (Å²) in [6.45, 7) is 5.31. The summed E-state index contributed by atoms with van der Waals surface area (Å²) in [5.74, 6) is 0.181. The van der Waals surface area contributed by atoms with Crippen LogP contribution < -0.4 is 10.1 Å². The van der Waals surface area contributed by atoms with Crippen molar-refractivity contribution in [3.05, 3.63) is 64.7 Å². The van der Waals surface area contributed by atoms with Crippen LogP contribution in [-0.4, -0.2) is 37.5 Å². The number of rotatable bonds is 5. The van der Waals surface area contributed by atoms with E-state index in [-0.39, 0.29) is 18.3 Å². The van der Waals surface area contributed by atoms with Gasteiger partial charge in [0.25, 0.3) is 5.91 Å². The summed E-state index contributed by atoms with van der Waals surface area (Å²) in [5, 5.41) is 2.89. The van der Waals surface area contributed by atoms with E-state index in [4.69, 9.17) is 4.74 Å². The van der Waals surface area contributed by atoms with E-state index in [0.29, 0.717) is 30.0 Å². The van der Waals surface area contributed by atoms with Crippen molar-refractivity contribution in [1.29, 1.82) is 0 Å². The fourth-order valence-electron chi connectivity index (χ4n) is 4.12. The first-order valence-electron chi connectivity index (χ1n) is 10.3. The van der Waals surface area contributed by atoms with Crippen molar-refractivity contribution in [2.75, 3.05) is 13.2 Å². The SMILES string of the molecule is Cc1c(SN2CCn3cncc3C2)cc(C(=O)NCc2c(F)ccc3c2CCO3)n1C. The van der Waals surface area contributed by atoms with Crippen LogP contribution in [0.5, 0.6) is 5.75 Å². The molecule has 0 aliphatic carbocycles. The molecule has 2 aliphatic heterocycles. The van der Waals surface area contributed by atoms with E-state index in [1.165, 1.54) is 11.8 Å². The van der Waals surface area contributed by atoms with Crippen LogP contribution >= 0.6 is 11.9 Å². The number of imidazole rings is 1. The van der Waals surface area contributed by atoms with Crippen molar-refractivity contribution in [1.82, 2.24) is 23.7 Å². The average Bonchev–Trinajstić information content (AvgIpc) is 3.48. The number of carbonyl (C=O) groups is 1.